The van der Waals surface area contributed by atoms with Gasteiger partial charge in [-0.1, -0.05) is 6.07 Å². The number of benzene rings is 2. The zero-order valence-electron chi connectivity index (χ0n) is 16.5. The minimum Gasteiger partial charge on any atom is -0.487 e. The van der Waals surface area contributed by atoms with Crippen molar-refractivity contribution in [3.05, 3.63) is 47.9 Å². The van der Waals surface area contributed by atoms with E-state index in [1.54, 1.807) is 0 Å². The fraction of sp³-hybridized carbons (Fsp3) is 0.391. The second kappa shape index (κ2) is 8.23. The van der Waals surface area contributed by atoms with E-state index >= 15 is 4.39 Å². The maximum Gasteiger partial charge on any atom is 0.303 e. The number of carbonyl (C=O) groups is 1. The maximum atomic E-state index is 15.1. The molecule has 6 heteroatoms. The molecule has 0 radical (unpaired) electrons. The van der Waals surface area contributed by atoms with E-state index in [1.165, 1.54) is 6.07 Å². The molecule has 152 valence electrons. The van der Waals surface area contributed by atoms with Gasteiger partial charge in [-0.3, -0.25) is 9.48 Å². The molecule has 2 aromatic carbocycles. The van der Waals surface area contributed by atoms with Gasteiger partial charge in [-0.15, -0.1) is 0 Å². The first-order valence-electron chi connectivity index (χ1n) is 10.2. The lowest BCUT2D eigenvalue weighted by atomic mass is 9.98. The summed E-state index contributed by atoms with van der Waals surface area (Å²) in [6.45, 7) is 2.81. The Hall–Kier alpha value is -2.89. The van der Waals surface area contributed by atoms with E-state index in [2.05, 4.69) is 5.10 Å². The van der Waals surface area contributed by atoms with Crippen molar-refractivity contribution < 1.29 is 19.0 Å². The molecule has 1 heterocycles. The molecule has 4 rings (SSSR count). The molecule has 1 aliphatic carbocycles. The first kappa shape index (κ1) is 19.4. The molecule has 1 aliphatic rings. The van der Waals surface area contributed by atoms with Gasteiger partial charge in [0.05, 0.1) is 17.8 Å². The van der Waals surface area contributed by atoms with E-state index < -0.39 is 11.8 Å². The largest absolute Gasteiger partial charge is 0.487 e. The Morgan fingerprint density at radius 3 is 2.79 bits per heavy atom. The number of aryl methyl sites for hydroxylation is 2. The highest BCUT2D eigenvalue weighted by Crippen LogP contribution is 2.38. The summed E-state index contributed by atoms with van der Waals surface area (Å²) in [7, 11) is 0. The van der Waals surface area contributed by atoms with Gasteiger partial charge < -0.3 is 9.84 Å². The van der Waals surface area contributed by atoms with Gasteiger partial charge in [0.1, 0.15) is 0 Å². The maximum absolute atomic E-state index is 15.1. The molecule has 3 aromatic rings. The van der Waals surface area contributed by atoms with E-state index in [9.17, 15) is 4.79 Å². The smallest absolute Gasteiger partial charge is 0.303 e. The van der Waals surface area contributed by atoms with Crippen molar-refractivity contribution in [2.45, 2.75) is 58.1 Å². The van der Waals surface area contributed by atoms with Gasteiger partial charge in [-0.2, -0.15) is 5.10 Å². The zero-order valence-corrected chi connectivity index (χ0v) is 16.5. The number of hydrogen-bond acceptors (Lipinski definition) is 3. The van der Waals surface area contributed by atoms with E-state index in [4.69, 9.17) is 9.84 Å². The molecule has 0 saturated heterocycles. The van der Waals surface area contributed by atoms with Crippen LogP contribution in [0.2, 0.25) is 0 Å². The molecule has 1 aromatic heterocycles. The van der Waals surface area contributed by atoms with Gasteiger partial charge in [0, 0.05) is 23.9 Å². The number of hydrogen-bond donors (Lipinski definition) is 1. The summed E-state index contributed by atoms with van der Waals surface area (Å²) < 4.78 is 23.1. The van der Waals surface area contributed by atoms with Crippen molar-refractivity contribution in [2.24, 2.45) is 0 Å². The summed E-state index contributed by atoms with van der Waals surface area (Å²) in [6, 6.07) is 9.20. The van der Waals surface area contributed by atoms with Gasteiger partial charge in [-0.25, -0.2) is 4.39 Å². The predicted octanol–water partition coefficient (Wildman–Crippen LogP) is 5.20. The number of fused-ring (bicyclic) bond motifs is 1. The van der Waals surface area contributed by atoms with Gasteiger partial charge in [0.25, 0.3) is 0 Å². The molecule has 5 nitrogen and oxygen atoms in total. The number of halogens is 1. The summed E-state index contributed by atoms with van der Waals surface area (Å²) >= 11 is 0. The van der Waals surface area contributed by atoms with Crippen LogP contribution in [0.15, 0.2) is 36.5 Å². The topological polar surface area (TPSA) is 64.4 Å². The molecule has 0 amide bonds. The first-order valence-corrected chi connectivity index (χ1v) is 10.2. The minimum atomic E-state index is -0.897. The number of nitrogens with zero attached hydrogens (tertiary/aromatic N) is 2. The van der Waals surface area contributed by atoms with E-state index in [-0.39, 0.29) is 24.7 Å². The third kappa shape index (κ3) is 4.11. The van der Waals surface area contributed by atoms with Crippen molar-refractivity contribution in [1.82, 2.24) is 9.78 Å². The Morgan fingerprint density at radius 2 is 2.07 bits per heavy atom. The summed E-state index contributed by atoms with van der Waals surface area (Å²) in [4.78, 5) is 11.0. The fourth-order valence-electron chi connectivity index (χ4n) is 4.06. The SMILES string of the molecule is CCn1ncc2cc(-c3cc(CCC(=O)O)cc(F)c3OC3CCCC3)ccc21. The Labute approximate surface area is 169 Å². The lowest BCUT2D eigenvalue weighted by Crippen LogP contribution is -2.13. The second-order valence-corrected chi connectivity index (χ2v) is 7.61. The van der Waals surface area contributed by atoms with Gasteiger partial charge in [0.15, 0.2) is 11.6 Å². The van der Waals surface area contributed by atoms with Crippen LogP contribution in [-0.2, 0) is 17.8 Å². The summed E-state index contributed by atoms with van der Waals surface area (Å²) in [6.07, 6.45) is 6.14. The van der Waals surface area contributed by atoms with Crippen LogP contribution in [0.3, 0.4) is 0 Å². The van der Waals surface area contributed by atoms with Crippen molar-refractivity contribution in [3.8, 4) is 16.9 Å². The molecule has 1 saturated carbocycles. The van der Waals surface area contributed by atoms with Crippen molar-refractivity contribution >= 4 is 16.9 Å². The molecule has 0 spiro atoms. The first-order chi connectivity index (χ1) is 14.0. The van der Waals surface area contributed by atoms with Crippen LogP contribution in [0.25, 0.3) is 22.0 Å². The highest BCUT2D eigenvalue weighted by Gasteiger charge is 2.22. The van der Waals surface area contributed by atoms with Gasteiger partial charge in [-0.05, 0) is 74.4 Å². The number of rotatable bonds is 7. The number of carboxylic acid groups (broad SMARTS) is 1. The van der Waals surface area contributed by atoms with E-state index in [1.807, 2.05) is 42.1 Å². The van der Waals surface area contributed by atoms with Crippen LogP contribution in [0, 0.1) is 5.82 Å². The Kier molecular flexibility index (Phi) is 5.51. The van der Waals surface area contributed by atoms with Crippen LogP contribution in [0.5, 0.6) is 5.75 Å². The average Bonchev–Trinajstić information content (AvgIpc) is 3.36. The molecular weight excluding hydrogens is 371 g/mol. The molecular formula is C23H25FN2O3. The molecule has 0 unspecified atom stereocenters. The van der Waals surface area contributed by atoms with Crippen LogP contribution < -0.4 is 4.74 Å². The summed E-state index contributed by atoms with van der Waals surface area (Å²) in [5.41, 5.74) is 3.20. The van der Waals surface area contributed by atoms with E-state index in [0.29, 0.717) is 11.1 Å². The standard InChI is InChI=1S/C23H25FN2O3/c1-2-26-21-9-8-16(13-17(21)14-25-26)19-11-15(7-10-22(27)28)12-20(24)23(19)29-18-5-3-4-6-18/h8-9,11-14,18H,2-7,10H2,1H3,(H,27,28). The summed E-state index contributed by atoms with van der Waals surface area (Å²) in [5, 5.41) is 14.4. The predicted molar refractivity (Wildman–Crippen MR) is 110 cm³/mol. The van der Waals surface area contributed by atoms with Gasteiger partial charge >= 0.3 is 5.97 Å². The minimum absolute atomic E-state index is 0.0275. The van der Waals surface area contributed by atoms with Crippen LogP contribution in [0.1, 0.15) is 44.6 Å². The highest BCUT2D eigenvalue weighted by molar-refractivity contribution is 5.86. The zero-order chi connectivity index (χ0) is 20.4. The molecule has 29 heavy (non-hydrogen) atoms. The molecule has 0 bridgehead atoms. The quantitative estimate of drug-likeness (QED) is 0.596. The van der Waals surface area contributed by atoms with Crippen LogP contribution >= 0.6 is 0 Å². The third-order valence-electron chi connectivity index (χ3n) is 5.57. The summed E-state index contributed by atoms with van der Waals surface area (Å²) in [5.74, 6) is -1.07. The van der Waals surface area contributed by atoms with E-state index in [0.717, 1.165) is 48.7 Å². The molecule has 1 N–H and O–H groups in total. The third-order valence-corrected chi connectivity index (χ3v) is 5.57. The fourth-order valence-corrected chi connectivity index (χ4v) is 4.06. The van der Waals surface area contributed by atoms with Crippen LogP contribution in [0.4, 0.5) is 4.39 Å². The molecule has 0 atom stereocenters. The van der Waals surface area contributed by atoms with Crippen molar-refractivity contribution in [1.29, 1.82) is 0 Å². The van der Waals surface area contributed by atoms with Gasteiger partial charge in [0.2, 0.25) is 0 Å². The second-order valence-electron chi connectivity index (χ2n) is 7.61. The van der Waals surface area contributed by atoms with Crippen molar-refractivity contribution in [3.63, 3.8) is 0 Å². The Balaban J connectivity index is 1.77. The highest BCUT2D eigenvalue weighted by atomic mass is 19.1. The lowest BCUT2D eigenvalue weighted by Gasteiger charge is -2.19. The average molecular weight is 396 g/mol. The number of aromatic nitrogens is 2. The Morgan fingerprint density at radius 1 is 1.28 bits per heavy atom. The number of aliphatic carboxylic acids is 1. The molecule has 1 fully saturated rings. The van der Waals surface area contributed by atoms with Crippen LogP contribution in [-0.4, -0.2) is 27.0 Å². The monoisotopic (exact) mass is 396 g/mol. The van der Waals surface area contributed by atoms with Crippen molar-refractivity contribution in [2.75, 3.05) is 0 Å². The lowest BCUT2D eigenvalue weighted by molar-refractivity contribution is -0.136. The normalized spacial score (nSPS) is 14.6. The Bertz CT molecular complexity index is 1040. The molecule has 0 aliphatic heterocycles. The number of ether oxygens (including phenoxy) is 1. The number of carboxylic acids is 1.